The fourth-order valence-electron chi connectivity index (χ4n) is 3.15. The topological polar surface area (TPSA) is 116 Å². The number of carbonyl (C=O) groups excluding carboxylic acids is 1. The van der Waals surface area contributed by atoms with Crippen LogP contribution < -0.4 is 14.8 Å². The lowest BCUT2D eigenvalue weighted by Gasteiger charge is -2.14. The third kappa shape index (κ3) is 4.41. The quantitative estimate of drug-likeness (QED) is 0.660. The molecular weight excluding hydrogens is 437 g/mol. The Morgan fingerprint density at radius 2 is 1.87 bits per heavy atom. The highest BCUT2D eigenvalue weighted by Gasteiger charge is 2.38. The van der Waals surface area contributed by atoms with Crippen LogP contribution in [-0.4, -0.2) is 53.7 Å². The van der Waals surface area contributed by atoms with Crippen molar-refractivity contribution in [1.82, 2.24) is 0 Å². The highest BCUT2D eigenvalue weighted by Crippen LogP contribution is 2.30. The fraction of sp³-hybridized carbons (Fsp3) is 0.316. The summed E-state index contributed by atoms with van der Waals surface area (Å²) < 4.78 is 73.5. The van der Waals surface area contributed by atoms with Crippen LogP contribution in [0.2, 0.25) is 0 Å². The highest BCUT2D eigenvalue weighted by molar-refractivity contribution is 7.96. The van der Waals surface area contributed by atoms with E-state index in [0.717, 1.165) is 18.2 Å². The van der Waals surface area contributed by atoms with Crippen molar-refractivity contribution in [3.8, 4) is 11.5 Å². The molecule has 1 unspecified atom stereocenters. The number of amides is 1. The average molecular weight is 458 g/mol. The number of hydrogen-bond donors (Lipinski definition) is 1. The summed E-state index contributed by atoms with van der Waals surface area (Å²) in [6.45, 7) is 0. The van der Waals surface area contributed by atoms with E-state index in [9.17, 15) is 26.0 Å². The lowest BCUT2D eigenvalue weighted by atomic mass is 10.2. The third-order valence-electron chi connectivity index (χ3n) is 4.80. The minimum Gasteiger partial charge on any atom is -0.497 e. The number of sulfone groups is 2. The second-order valence-electron chi connectivity index (χ2n) is 6.73. The molecule has 1 saturated heterocycles. The largest absolute Gasteiger partial charge is 0.497 e. The number of halogens is 1. The predicted molar refractivity (Wildman–Crippen MR) is 108 cm³/mol. The van der Waals surface area contributed by atoms with Gasteiger partial charge in [-0.25, -0.2) is 21.2 Å². The molecule has 0 bridgehead atoms. The minimum absolute atomic E-state index is 0.0371. The lowest BCUT2D eigenvalue weighted by Crippen LogP contribution is -2.23. The monoisotopic (exact) mass is 457 g/mol. The Hall–Kier alpha value is -2.66. The number of anilines is 1. The van der Waals surface area contributed by atoms with Gasteiger partial charge in [0.15, 0.2) is 19.7 Å². The molecule has 0 spiro atoms. The van der Waals surface area contributed by atoms with Gasteiger partial charge in [-0.1, -0.05) is 0 Å². The van der Waals surface area contributed by atoms with Crippen molar-refractivity contribution in [2.75, 3.05) is 31.0 Å². The van der Waals surface area contributed by atoms with Crippen molar-refractivity contribution in [3.05, 3.63) is 47.8 Å². The van der Waals surface area contributed by atoms with Crippen molar-refractivity contribution < 1.29 is 35.5 Å². The molecule has 0 saturated carbocycles. The molecule has 1 amide bonds. The number of methoxy groups -OCH3 is 2. The lowest BCUT2D eigenvalue weighted by molar-refractivity contribution is 0.102. The molecule has 11 heteroatoms. The van der Waals surface area contributed by atoms with Crippen LogP contribution in [0.1, 0.15) is 16.8 Å². The second kappa shape index (κ2) is 8.23. The van der Waals surface area contributed by atoms with Crippen molar-refractivity contribution >= 4 is 31.3 Å². The number of ether oxygens (including phenoxy) is 2. The molecule has 1 aliphatic rings. The van der Waals surface area contributed by atoms with Gasteiger partial charge >= 0.3 is 0 Å². The average Bonchev–Trinajstić information content (AvgIpc) is 3.08. The van der Waals surface area contributed by atoms with Gasteiger partial charge in [0.2, 0.25) is 0 Å². The Kier molecular flexibility index (Phi) is 6.04. The Morgan fingerprint density at radius 1 is 1.13 bits per heavy atom. The van der Waals surface area contributed by atoms with E-state index in [1.165, 1.54) is 20.3 Å². The van der Waals surface area contributed by atoms with Crippen molar-refractivity contribution in [2.45, 2.75) is 16.6 Å². The van der Waals surface area contributed by atoms with Crippen LogP contribution in [0.3, 0.4) is 0 Å². The Balaban J connectivity index is 1.93. The Labute approximate surface area is 173 Å². The molecule has 1 N–H and O–H groups in total. The van der Waals surface area contributed by atoms with E-state index >= 15 is 0 Å². The molecule has 1 fully saturated rings. The molecular formula is C19H20FNO7S2. The summed E-state index contributed by atoms with van der Waals surface area (Å²) in [5.41, 5.74) is -0.293. The van der Waals surface area contributed by atoms with Gasteiger partial charge in [-0.3, -0.25) is 4.79 Å². The molecule has 162 valence electrons. The Morgan fingerprint density at radius 3 is 2.47 bits per heavy atom. The Bertz CT molecular complexity index is 1190. The van der Waals surface area contributed by atoms with Crippen LogP contribution in [0.15, 0.2) is 41.3 Å². The molecule has 0 aliphatic carbocycles. The van der Waals surface area contributed by atoms with Gasteiger partial charge < -0.3 is 14.8 Å². The van der Waals surface area contributed by atoms with Crippen LogP contribution in [0.25, 0.3) is 0 Å². The molecule has 0 radical (unpaired) electrons. The van der Waals surface area contributed by atoms with E-state index in [1.54, 1.807) is 12.1 Å². The number of nitrogens with one attached hydrogen (secondary N) is 1. The standard InChI is InChI=1S/C19H20FNO7S2/c1-27-12-3-6-18(28-2)17(9-12)21-19(22)15-10-13(4-5-16(15)20)30(25,26)14-7-8-29(23,24)11-14/h3-6,9-10,14H,7-8,11H2,1-2H3,(H,21,22). The van der Waals surface area contributed by atoms with Crippen molar-refractivity contribution in [1.29, 1.82) is 0 Å². The summed E-state index contributed by atoms with van der Waals surface area (Å²) in [7, 11) is -4.66. The molecule has 1 atom stereocenters. The SMILES string of the molecule is COc1ccc(OC)c(NC(=O)c2cc(S(=O)(=O)C3CCS(=O)(=O)C3)ccc2F)c1. The zero-order valence-corrected chi connectivity index (χ0v) is 17.8. The van der Waals surface area contributed by atoms with Gasteiger partial charge in [-0.15, -0.1) is 0 Å². The first-order chi connectivity index (χ1) is 14.1. The zero-order chi connectivity index (χ0) is 22.1. The number of hydrogen-bond acceptors (Lipinski definition) is 7. The minimum atomic E-state index is -4.05. The summed E-state index contributed by atoms with van der Waals surface area (Å²) in [5.74, 6) is -1.81. The molecule has 8 nitrogen and oxygen atoms in total. The first-order valence-electron chi connectivity index (χ1n) is 8.84. The van der Waals surface area contributed by atoms with E-state index in [4.69, 9.17) is 9.47 Å². The smallest absolute Gasteiger partial charge is 0.258 e. The molecule has 3 rings (SSSR count). The molecule has 30 heavy (non-hydrogen) atoms. The van der Waals surface area contributed by atoms with Gasteiger partial charge in [0, 0.05) is 6.07 Å². The number of benzene rings is 2. The van der Waals surface area contributed by atoms with E-state index in [2.05, 4.69) is 5.32 Å². The summed E-state index contributed by atoms with van der Waals surface area (Å²) in [6.07, 6.45) is -0.0371. The van der Waals surface area contributed by atoms with Crippen LogP contribution >= 0.6 is 0 Å². The molecule has 1 aliphatic heterocycles. The molecule has 1 heterocycles. The summed E-state index contributed by atoms with van der Waals surface area (Å²) in [4.78, 5) is 12.4. The second-order valence-corrected chi connectivity index (χ2v) is 11.2. The molecule has 2 aromatic carbocycles. The van der Waals surface area contributed by atoms with Gasteiger partial charge in [-0.2, -0.15) is 0 Å². The number of carbonyl (C=O) groups is 1. The van der Waals surface area contributed by atoms with E-state index < -0.39 is 48.0 Å². The summed E-state index contributed by atoms with van der Waals surface area (Å²) >= 11 is 0. The number of rotatable bonds is 6. The maximum absolute atomic E-state index is 14.3. The zero-order valence-electron chi connectivity index (χ0n) is 16.2. The van der Waals surface area contributed by atoms with Gasteiger partial charge in [-0.05, 0) is 36.8 Å². The van der Waals surface area contributed by atoms with E-state index in [1.807, 2.05) is 0 Å². The van der Waals surface area contributed by atoms with Gasteiger partial charge in [0.05, 0.1) is 47.1 Å². The van der Waals surface area contributed by atoms with E-state index in [-0.39, 0.29) is 22.8 Å². The highest BCUT2D eigenvalue weighted by atomic mass is 32.2. The first-order valence-corrected chi connectivity index (χ1v) is 12.2. The summed E-state index contributed by atoms with van der Waals surface area (Å²) in [5, 5.41) is 1.36. The third-order valence-corrected chi connectivity index (χ3v) is 8.97. The maximum atomic E-state index is 14.3. The van der Waals surface area contributed by atoms with Crippen molar-refractivity contribution in [2.24, 2.45) is 0 Å². The van der Waals surface area contributed by atoms with E-state index in [0.29, 0.717) is 11.5 Å². The first kappa shape index (κ1) is 22.0. The normalized spacial score (nSPS) is 18.0. The van der Waals surface area contributed by atoms with Gasteiger partial charge in [0.1, 0.15) is 17.3 Å². The molecule has 0 aromatic heterocycles. The van der Waals surface area contributed by atoms with Crippen LogP contribution in [0.4, 0.5) is 10.1 Å². The van der Waals surface area contributed by atoms with Crippen LogP contribution in [0.5, 0.6) is 11.5 Å². The van der Waals surface area contributed by atoms with Crippen molar-refractivity contribution in [3.63, 3.8) is 0 Å². The van der Waals surface area contributed by atoms with Gasteiger partial charge in [0.25, 0.3) is 5.91 Å². The van der Waals surface area contributed by atoms with Crippen LogP contribution in [-0.2, 0) is 19.7 Å². The fourth-order valence-corrected chi connectivity index (χ4v) is 7.54. The maximum Gasteiger partial charge on any atom is 0.258 e. The summed E-state index contributed by atoms with van der Waals surface area (Å²) in [6, 6.07) is 7.44. The predicted octanol–water partition coefficient (Wildman–Crippen LogP) is 2.06. The molecule has 2 aromatic rings. The van der Waals surface area contributed by atoms with Crippen LogP contribution in [0, 0.1) is 5.82 Å².